The number of nitrogens with one attached hydrogen (secondary N) is 1. The van der Waals surface area contributed by atoms with Gasteiger partial charge in [-0.2, -0.15) is 0 Å². The van der Waals surface area contributed by atoms with Gasteiger partial charge in [0.05, 0.1) is 12.6 Å². The van der Waals surface area contributed by atoms with E-state index in [9.17, 15) is 4.39 Å². The maximum absolute atomic E-state index is 13.7. The number of hydrogen-bond acceptors (Lipinski definition) is 2. The van der Waals surface area contributed by atoms with E-state index in [1.807, 2.05) is 30.3 Å². The minimum atomic E-state index is -0.309. The highest BCUT2D eigenvalue weighted by molar-refractivity contribution is 7.71. The third-order valence-corrected chi connectivity index (χ3v) is 3.28. The van der Waals surface area contributed by atoms with Crippen molar-refractivity contribution in [3.63, 3.8) is 0 Å². The number of imidazole rings is 1. The van der Waals surface area contributed by atoms with Crippen molar-refractivity contribution >= 4 is 23.3 Å². The average Bonchev–Trinajstić information content (AvgIpc) is 2.77. The summed E-state index contributed by atoms with van der Waals surface area (Å²) in [6.45, 7) is 0. The SMILES string of the molecule is COc1ccc(-n2c(=S)[nH]c3c(F)cccc32)cc1. The molecule has 0 fully saturated rings. The van der Waals surface area contributed by atoms with Crippen molar-refractivity contribution in [3.8, 4) is 11.4 Å². The first kappa shape index (κ1) is 11.9. The molecule has 0 atom stereocenters. The lowest BCUT2D eigenvalue weighted by molar-refractivity contribution is 0.415. The molecule has 0 radical (unpaired) electrons. The van der Waals surface area contributed by atoms with Gasteiger partial charge in [0.25, 0.3) is 0 Å². The van der Waals surface area contributed by atoms with Crippen molar-refractivity contribution in [3.05, 3.63) is 53.1 Å². The van der Waals surface area contributed by atoms with Gasteiger partial charge < -0.3 is 9.72 Å². The summed E-state index contributed by atoms with van der Waals surface area (Å²) in [4.78, 5) is 2.89. The number of H-pyrrole nitrogens is 1. The van der Waals surface area contributed by atoms with E-state index in [4.69, 9.17) is 17.0 Å². The van der Waals surface area contributed by atoms with Crippen LogP contribution in [0.3, 0.4) is 0 Å². The molecule has 1 heterocycles. The average molecular weight is 274 g/mol. The molecule has 1 N–H and O–H groups in total. The molecule has 2 aromatic carbocycles. The zero-order valence-electron chi connectivity index (χ0n) is 10.2. The lowest BCUT2D eigenvalue weighted by atomic mass is 10.2. The molecule has 3 rings (SSSR count). The van der Waals surface area contributed by atoms with Crippen molar-refractivity contribution in [2.75, 3.05) is 7.11 Å². The molecular formula is C14H11FN2OS. The number of nitrogens with zero attached hydrogens (tertiary/aromatic N) is 1. The van der Waals surface area contributed by atoms with Gasteiger partial charge in [-0.05, 0) is 48.6 Å². The van der Waals surface area contributed by atoms with Crippen LogP contribution in [-0.2, 0) is 0 Å². The Balaban J connectivity index is 2.27. The lowest BCUT2D eigenvalue weighted by Crippen LogP contribution is -1.94. The Labute approximate surface area is 114 Å². The smallest absolute Gasteiger partial charge is 0.182 e. The molecule has 96 valence electrons. The minimum Gasteiger partial charge on any atom is -0.497 e. The van der Waals surface area contributed by atoms with Crippen molar-refractivity contribution < 1.29 is 9.13 Å². The first-order valence-electron chi connectivity index (χ1n) is 5.74. The standard InChI is InChI=1S/C14H11FN2OS/c1-18-10-7-5-9(6-8-10)17-12-4-2-3-11(15)13(12)16-14(17)19/h2-8H,1H3,(H,16,19). The molecule has 0 aliphatic carbocycles. The first-order chi connectivity index (χ1) is 9.20. The van der Waals surface area contributed by atoms with Crippen LogP contribution in [0.4, 0.5) is 4.39 Å². The van der Waals surface area contributed by atoms with Gasteiger partial charge in [-0.3, -0.25) is 4.57 Å². The van der Waals surface area contributed by atoms with Crippen LogP contribution in [0.15, 0.2) is 42.5 Å². The van der Waals surface area contributed by atoms with Crippen LogP contribution < -0.4 is 4.74 Å². The highest BCUT2D eigenvalue weighted by Crippen LogP contribution is 2.23. The predicted octanol–water partition coefficient (Wildman–Crippen LogP) is 3.84. The summed E-state index contributed by atoms with van der Waals surface area (Å²) in [6, 6.07) is 12.4. The number of methoxy groups -OCH3 is 1. The molecule has 0 unspecified atom stereocenters. The Bertz CT molecular complexity index is 789. The summed E-state index contributed by atoms with van der Waals surface area (Å²) < 4.78 is 21.1. The second kappa shape index (κ2) is 4.51. The Hall–Kier alpha value is -2.14. The van der Waals surface area contributed by atoms with E-state index in [1.165, 1.54) is 6.07 Å². The van der Waals surface area contributed by atoms with E-state index in [0.29, 0.717) is 10.3 Å². The van der Waals surface area contributed by atoms with Crippen molar-refractivity contribution in [1.29, 1.82) is 0 Å². The monoisotopic (exact) mass is 274 g/mol. The van der Waals surface area contributed by atoms with Gasteiger partial charge in [-0.25, -0.2) is 4.39 Å². The summed E-state index contributed by atoms with van der Waals surface area (Å²) >= 11 is 5.27. The molecular weight excluding hydrogens is 263 g/mol. The highest BCUT2D eigenvalue weighted by atomic mass is 32.1. The molecule has 1 aromatic heterocycles. The predicted molar refractivity (Wildman–Crippen MR) is 75.0 cm³/mol. The van der Waals surface area contributed by atoms with E-state index in [1.54, 1.807) is 17.7 Å². The number of aromatic amines is 1. The summed E-state index contributed by atoms with van der Waals surface area (Å²) in [5.41, 5.74) is 2.00. The van der Waals surface area contributed by atoms with Gasteiger partial charge in [0, 0.05) is 5.69 Å². The first-order valence-corrected chi connectivity index (χ1v) is 6.15. The second-order valence-corrected chi connectivity index (χ2v) is 4.48. The summed E-state index contributed by atoms with van der Waals surface area (Å²) in [5.74, 6) is 0.456. The van der Waals surface area contributed by atoms with E-state index < -0.39 is 0 Å². The fraction of sp³-hybridized carbons (Fsp3) is 0.0714. The molecule has 0 saturated heterocycles. The number of halogens is 1. The van der Waals surface area contributed by atoms with Crippen LogP contribution in [-0.4, -0.2) is 16.7 Å². The number of para-hydroxylation sites is 1. The van der Waals surface area contributed by atoms with Gasteiger partial charge in [0.1, 0.15) is 17.1 Å². The van der Waals surface area contributed by atoms with Gasteiger partial charge in [0.2, 0.25) is 0 Å². The fourth-order valence-corrected chi connectivity index (χ4v) is 2.39. The van der Waals surface area contributed by atoms with Crippen LogP contribution in [0.1, 0.15) is 0 Å². The Kier molecular flexibility index (Phi) is 2.83. The third kappa shape index (κ3) is 1.92. The van der Waals surface area contributed by atoms with Gasteiger partial charge >= 0.3 is 0 Å². The number of benzene rings is 2. The topological polar surface area (TPSA) is 29.9 Å². The van der Waals surface area contributed by atoms with Crippen molar-refractivity contribution in [2.24, 2.45) is 0 Å². The fourth-order valence-electron chi connectivity index (χ4n) is 2.08. The number of aromatic nitrogens is 2. The van der Waals surface area contributed by atoms with Crippen LogP contribution in [0.2, 0.25) is 0 Å². The zero-order valence-corrected chi connectivity index (χ0v) is 11.0. The van der Waals surface area contributed by atoms with E-state index in [2.05, 4.69) is 4.98 Å². The molecule has 0 saturated carbocycles. The number of fused-ring (bicyclic) bond motifs is 1. The molecule has 0 bridgehead atoms. The van der Waals surface area contributed by atoms with E-state index in [-0.39, 0.29) is 5.82 Å². The maximum atomic E-state index is 13.7. The molecule has 0 spiro atoms. The van der Waals surface area contributed by atoms with Gasteiger partial charge in [0.15, 0.2) is 4.77 Å². The molecule has 3 nitrogen and oxygen atoms in total. The van der Waals surface area contributed by atoms with Crippen LogP contribution >= 0.6 is 12.2 Å². The van der Waals surface area contributed by atoms with E-state index >= 15 is 0 Å². The molecule has 3 aromatic rings. The third-order valence-electron chi connectivity index (χ3n) is 3.00. The minimum absolute atomic E-state index is 0.309. The Morgan fingerprint density at radius 3 is 2.58 bits per heavy atom. The van der Waals surface area contributed by atoms with Crippen LogP contribution in [0, 0.1) is 10.6 Å². The molecule has 0 amide bonds. The quantitative estimate of drug-likeness (QED) is 0.720. The van der Waals surface area contributed by atoms with Crippen LogP contribution in [0.25, 0.3) is 16.7 Å². The number of rotatable bonds is 2. The Morgan fingerprint density at radius 1 is 1.16 bits per heavy atom. The highest BCUT2D eigenvalue weighted by Gasteiger charge is 2.09. The second-order valence-electron chi connectivity index (χ2n) is 4.10. The van der Waals surface area contributed by atoms with E-state index in [0.717, 1.165) is 17.0 Å². The summed E-state index contributed by atoms with van der Waals surface area (Å²) in [7, 11) is 1.61. The number of hydrogen-bond donors (Lipinski definition) is 1. The molecule has 5 heteroatoms. The van der Waals surface area contributed by atoms with Crippen molar-refractivity contribution in [2.45, 2.75) is 0 Å². The summed E-state index contributed by atoms with van der Waals surface area (Å²) in [6.07, 6.45) is 0. The largest absolute Gasteiger partial charge is 0.497 e. The number of ether oxygens (including phenoxy) is 1. The lowest BCUT2D eigenvalue weighted by Gasteiger charge is -2.06. The van der Waals surface area contributed by atoms with Gasteiger partial charge in [-0.15, -0.1) is 0 Å². The zero-order chi connectivity index (χ0) is 13.4. The molecule has 0 aliphatic heterocycles. The van der Waals surface area contributed by atoms with Gasteiger partial charge in [-0.1, -0.05) is 6.07 Å². The molecule has 0 aliphatic rings. The normalized spacial score (nSPS) is 10.8. The summed E-state index contributed by atoms with van der Waals surface area (Å²) in [5, 5.41) is 0. The maximum Gasteiger partial charge on any atom is 0.182 e. The van der Waals surface area contributed by atoms with Crippen molar-refractivity contribution in [1.82, 2.24) is 9.55 Å². The van der Waals surface area contributed by atoms with Crippen LogP contribution in [0.5, 0.6) is 5.75 Å². The molecule has 19 heavy (non-hydrogen) atoms. The Morgan fingerprint density at radius 2 is 1.89 bits per heavy atom.